The highest BCUT2D eigenvalue weighted by molar-refractivity contribution is 5.78. The van der Waals surface area contributed by atoms with Crippen molar-refractivity contribution in [3.63, 3.8) is 0 Å². The van der Waals surface area contributed by atoms with Gasteiger partial charge in [-0.1, -0.05) is 40.0 Å². The minimum atomic E-state index is 0.315. The van der Waals surface area contributed by atoms with E-state index in [1.54, 1.807) is 0 Å². The van der Waals surface area contributed by atoms with Gasteiger partial charge in [-0.15, -0.1) is 0 Å². The fourth-order valence-electron chi connectivity index (χ4n) is 1.64. The quantitative estimate of drug-likeness (QED) is 0.649. The molecular weight excluding hydrogens is 160 g/mol. The molecule has 1 aliphatic carbocycles. The van der Waals surface area contributed by atoms with Crippen LogP contribution >= 0.6 is 0 Å². The first-order valence-corrected chi connectivity index (χ1v) is 5.49. The number of hydrogen-bond donors (Lipinski definition) is 0. The fraction of sp³-hybridized carbons (Fsp3) is 0.917. The van der Waals surface area contributed by atoms with Crippen molar-refractivity contribution in [1.29, 1.82) is 0 Å². The summed E-state index contributed by atoms with van der Waals surface area (Å²) in [5.74, 6) is 1.23. The predicted molar refractivity (Wildman–Crippen MR) is 55.7 cm³/mol. The summed E-state index contributed by atoms with van der Waals surface area (Å²) in [4.78, 5) is 11.5. The number of Topliss-reactive ketones (excluding diaryl/α,β-unsaturated/α-hetero) is 1. The first-order valence-electron chi connectivity index (χ1n) is 5.49. The van der Waals surface area contributed by atoms with E-state index in [1.807, 2.05) is 0 Å². The first-order chi connectivity index (χ1) is 5.97. The number of carbonyl (C=O) groups excluding carboxylic acids is 1. The second kappa shape index (κ2) is 4.26. The molecule has 0 unspecified atom stereocenters. The molecule has 1 aliphatic rings. The summed E-state index contributed by atoms with van der Waals surface area (Å²) in [6.45, 7) is 6.59. The van der Waals surface area contributed by atoms with Crippen LogP contribution in [0.1, 0.15) is 59.3 Å². The molecule has 1 rings (SSSR count). The lowest BCUT2D eigenvalue weighted by atomic mass is 9.80. The topological polar surface area (TPSA) is 17.1 Å². The summed E-state index contributed by atoms with van der Waals surface area (Å²) in [6, 6.07) is 0. The molecule has 0 aromatic carbocycles. The molecule has 1 heteroatoms. The Balaban J connectivity index is 2.10. The first kappa shape index (κ1) is 10.7. The number of carbonyl (C=O) groups is 1. The molecule has 1 fully saturated rings. The van der Waals surface area contributed by atoms with Crippen molar-refractivity contribution in [2.75, 3.05) is 0 Å². The van der Waals surface area contributed by atoms with Crippen LogP contribution in [0.3, 0.4) is 0 Å². The zero-order valence-corrected chi connectivity index (χ0v) is 9.23. The molecule has 0 aliphatic heterocycles. The maximum absolute atomic E-state index is 11.5. The second-order valence-corrected chi connectivity index (χ2v) is 5.60. The third-order valence-corrected chi connectivity index (χ3v) is 2.89. The standard InChI is InChI=1S/C12H22O/c1-12(2,3)8-7-11(13)9-10-5-4-6-10/h10H,4-9H2,1-3H3. The summed E-state index contributed by atoms with van der Waals surface area (Å²) < 4.78 is 0. The smallest absolute Gasteiger partial charge is 0.133 e. The molecule has 0 amide bonds. The highest BCUT2D eigenvalue weighted by atomic mass is 16.1. The molecule has 1 saturated carbocycles. The Kier molecular flexibility index (Phi) is 3.52. The largest absolute Gasteiger partial charge is 0.300 e. The highest BCUT2D eigenvalue weighted by Crippen LogP contribution is 2.30. The van der Waals surface area contributed by atoms with E-state index < -0.39 is 0 Å². The van der Waals surface area contributed by atoms with Crippen LogP contribution in [0, 0.1) is 11.3 Å². The molecule has 0 aromatic heterocycles. The van der Waals surface area contributed by atoms with Crippen LogP contribution < -0.4 is 0 Å². The van der Waals surface area contributed by atoms with E-state index in [4.69, 9.17) is 0 Å². The third kappa shape index (κ3) is 4.44. The molecule has 1 nitrogen and oxygen atoms in total. The van der Waals surface area contributed by atoms with E-state index >= 15 is 0 Å². The fourth-order valence-corrected chi connectivity index (χ4v) is 1.64. The normalized spacial score (nSPS) is 18.4. The lowest BCUT2D eigenvalue weighted by Crippen LogP contribution is -2.17. The average molecular weight is 182 g/mol. The molecule has 13 heavy (non-hydrogen) atoms. The van der Waals surface area contributed by atoms with Crippen LogP contribution in [0.25, 0.3) is 0 Å². The van der Waals surface area contributed by atoms with Crippen LogP contribution in [-0.4, -0.2) is 5.78 Å². The minimum Gasteiger partial charge on any atom is -0.300 e. The van der Waals surface area contributed by atoms with E-state index in [1.165, 1.54) is 19.3 Å². The molecule has 0 saturated heterocycles. The number of hydrogen-bond acceptors (Lipinski definition) is 1. The van der Waals surface area contributed by atoms with Gasteiger partial charge in [-0.05, 0) is 17.8 Å². The number of rotatable bonds is 4. The summed E-state index contributed by atoms with van der Waals surface area (Å²) in [5, 5.41) is 0. The average Bonchev–Trinajstić information content (AvgIpc) is 1.91. The molecule has 0 radical (unpaired) electrons. The van der Waals surface area contributed by atoms with Crippen LogP contribution in [0.4, 0.5) is 0 Å². The van der Waals surface area contributed by atoms with Crippen molar-refractivity contribution >= 4 is 5.78 Å². The van der Waals surface area contributed by atoms with Gasteiger partial charge in [0.1, 0.15) is 5.78 Å². The molecule has 0 spiro atoms. The molecule has 76 valence electrons. The Morgan fingerprint density at radius 1 is 1.31 bits per heavy atom. The highest BCUT2D eigenvalue weighted by Gasteiger charge is 2.21. The van der Waals surface area contributed by atoms with Gasteiger partial charge in [0.25, 0.3) is 0 Å². The van der Waals surface area contributed by atoms with E-state index in [0.29, 0.717) is 11.2 Å². The minimum absolute atomic E-state index is 0.315. The van der Waals surface area contributed by atoms with Gasteiger partial charge in [0.2, 0.25) is 0 Å². The zero-order chi connectivity index (χ0) is 9.90. The van der Waals surface area contributed by atoms with E-state index in [9.17, 15) is 4.79 Å². The van der Waals surface area contributed by atoms with E-state index in [2.05, 4.69) is 20.8 Å². The van der Waals surface area contributed by atoms with Crippen molar-refractivity contribution in [3.8, 4) is 0 Å². The third-order valence-electron chi connectivity index (χ3n) is 2.89. The van der Waals surface area contributed by atoms with Crippen molar-refractivity contribution in [3.05, 3.63) is 0 Å². The van der Waals surface area contributed by atoms with E-state index in [0.717, 1.165) is 25.2 Å². The monoisotopic (exact) mass is 182 g/mol. The van der Waals surface area contributed by atoms with Gasteiger partial charge < -0.3 is 0 Å². The SMILES string of the molecule is CC(C)(C)CCC(=O)CC1CCC1. The number of ketones is 1. The maximum Gasteiger partial charge on any atom is 0.133 e. The van der Waals surface area contributed by atoms with Gasteiger partial charge in [0.05, 0.1) is 0 Å². The van der Waals surface area contributed by atoms with Gasteiger partial charge in [-0.3, -0.25) is 4.79 Å². The summed E-state index contributed by atoms with van der Waals surface area (Å²) in [5.41, 5.74) is 0.315. The van der Waals surface area contributed by atoms with Gasteiger partial charge in [-0.2, -0.15) is 0 Å². The Hall–Kier alpha value is -0.330. The van der Waals surface area contributed by atoms with Gasteiger partial charge >= 0.3 is 0 Å². The zero-order valence-electron chi connectivity index (χ0n) is 9.23. The molecule has 0 atom stereocenters. The van der Waals surface area contributed by atoms with Crippen molar-refractivity contribution in [2.24, 2.45) is 11.3 Å². The molecular formula is C12H22O. The van der Waals surface area contributed by atoms with Crippen LogP contribution in [0.15, 0.2) is 0 Å². The summed E-state index contributed by atoms with van der Waals surface area (Å²) >= 11 is 0. The maximum atomic E-state index is 11.5. The van der Waals surface area contributed by atoms with Crippen LogP contribution in [-0.2, 0) is 4.79 Å². The van der Waals surface area contributed by atoms with E-state index in [-0.39, 0.29) is 0 Å². The van der Waals surface area contributed by atoms with Gasteiger partial charge in [0.15, 0.2) is 0 Å². The van der Waals surface area contributed by atoms with Gasteiger partial charge in [-0.25, -0.2) is 0 Å². The Morgan fingerprint density at radius 2 is 1.92 bits per heavy atom. The van der Waals surface area contributed by atoms with Gasteiger partial charge in [0, 0.05) is 12.8 Å². The summed E-state index contributed by atoms with van der Waals surface area (Å²) in [7, 11) is 0. The molecule has 0 heterocycles. The Morgan fingerprint density at radius 3 is 2.31 bits per heavy atom. The molecule has 0 N–H and O–H groups in total. The van der Waals surface area contributed by atoms with Crippen molar-refractivity contribution in [1.82, 2.24) is 0 Å². The lowest BCUT2D eigenvalue weighted by molar-refractivity contribution is -0.121. The van der Waals surface area contributed by atoms with Crippen LogP contribution in [0.5, 0.6) is 0 Å². The molecule has 0 aromatic rings. The van der Waals surface area contributed by atoms with Crippen molar-refractivity contribution < 1.29 is 4.79 Å². The van der Waals surface area contributed by atoms with Crippen LogP contribution in [0.2, 0.25) is 0 Å². The summed E-state index contributed by atoms with van der Waals surface area (Å²) in [6.07, 6.45) is 6.62. The predicted octanol–water partition coefficient (Wildman–Crippen LogP) is 3.57. The Bertz CT molecular complexity index is 172. The Labute approximate surface area is 81.9 Å². The molecule has 0 bridgehead atoms. The van der Waals surface area contributed by atoms with Crippen molar-refractivity contribution in [2.45, 2.75) is 59.3 Å². The lowest BCUT2D eigenvalue weighted by Gasteiger charge is -2.25. The second-order valence-electron chi connectivity index (χ2n) is 5.60.